The van der Waals surface area contributed by atoms with E-state index in [-0.39, 0.29) is 0 Å². The molecule has 0 aliphatic carbocycles. The molecule has 118 valence electrons. The Morgan fingerprint density at radius 2 is 1.71 bits per heavy atom. The highest BCUT2D eigenvalue weighted by Gasteiger charge is 2.18. The Kier molecular flexibility index (Phi) is 6.68. The number of nitrogens with zero attached hydrogens (tertiary/aromatic N) is 2. The first-order valence-corrected chi connectivity index (χ1v) is 8.48. The van der Waals surface area contributed by atoms with Crippen molar-refractivity contribution in [1.82, 2.24) is 15.1 Å². The average Bonchev–Trinajstić information content (AvgIpc) is 2.53. The monoisotopic (exact) mass is 289 g/mol. The molecule has 1 aromatic rings. The molecular weight excluding hydrogens is 258 g/mol. The smallest absolute Gasteiger partial charge is 0.0334 e. The van der Waals surface area contributed by atoms with Crippen LogP contribution in [-0.4, -0.2) is 55.6 Å². The normalized spacial score (nSPS) is 18.8. The first kappa shape index (κ1) is 16.5. The van der Waals surface area contributed by atoms with Gasteiger partial charge in [0, 0.05) is 38.8 Å². The van der Waals surface area contributed by atoms with Crippen molar-refractivity contribution in [2.45, 2.75) is 33.2 Å². The zero-order chi connectivity index (χ0) is 15.1. The molecule has 1 unspecified atom stereocenters. The van der Waals surface area contributed by atoms with Crippen LogP contribution < -0.4 is 5.32 Å². The topological polar surface area (TPSA) is 18.5 Å². The van der Waals surface area contributed by atoms with Crippen LogP contribution in [0, 0.1) is 6.92 Å². The van der Waals surface area contributed by atoms with Gasteiger partial charge in [0.1, 0.15) is 0 Å². The Hall–Kier alpha value is -0.900. The fraction of sp³-hybridized carbons (Fsp3) is 0.667. The summed E-state index contributed by atoms with van der Waals surface area (Å²) < 4.78 is 0. The Morgan fingerprint density at radius 1 is 1.05 bits per heavy atom. The molecule has 0 spiro atoms. The van der Waals surface area contributed by atoms with Gasteiger partial charge in [-0.25, -0.2) is 0 Å². The van der Waals surface area contributed by atoms with Gasteiger partial charge in [-0.2, -0.15) is 0 Å². The van der Waals surface area contributed by atoms with E-state index in [4.69, 9.17) is 0 Å². The summed E-state index contributed by atoms with van der Waals surface area (Å²) in [5.74, 6) is 0. The summed E-state index contributed by atoms with van der Waals surface area (Å²) >= 11 is 0. The van der Waals surface area contributed by atoms with Crippen molar-refractivity contribution < 1.29 is 0 Å². The molecule has 1 aliphatic rings. The van der Waals surface area contributed by atoms with Crippen molar-refractivity contribution in [3.63, 3.8) is 0 Å². The van der Waals surface area contributed by atoms with Crippen LogP contribution in [0.25, 0.3) is 0 Å². The van der Waals surface area contributed by atoms with Crippen molar-refractivity contribution in [3.8, 4) is 0 Å². The second-order valence-corrected chi connectivity index (χ2v) is 6.03. The van der Waals surface area contributed by atoms with Crippen LogP contribution in [0.1, 0.15) is 37.4 Å². The molecule has 3 heteroatoms. The molecule has 1 heterocycles. The van der Waals surface area contributed by atoms with Crippen LogP contribution in [0.4, 0.5) is 0 Å². The molecule has 3 nitrogen and oxygen atoms in total. The SMILES string of the molecule is CCNC(CCN1CCN(CC)CC1)c1ccccc1C. The van der Waals surface area contributed by atoms with Gasteiger partial charge in [-0.05, 0) is 37.6 Å². The van der Waals surface area contributed by atoms with Crippen LogP contribution in [0.5, 0.6) is 0 Å². The average molecular weight is 289 g/mol. The molecule has 1 aromatic carbocycles. The first-order chi connectivity index (χ1) is 10.2. The second kappa shape index (κ2) is 8.52. The van der Waals surface area contributed by atoms with E-state index in [0.717, 1.165) is 6.54 Å². The largest absolute Gasteiger partial charge is 0.310 e. The number of hydrogen-bond donors (Lipinski definition) is 1. The van der Waals surface area contributed by atoms with E-state index < -0.39 is 0 Å². The predicted molar refractivity (Wildman–Crippen MR) is 90.8 cm³/mol. The quantitative estimate of drug-likeness (QED) is 0.832. The molecule has 1 saturated heterocycles. The minimum Gasteiger partial charge on any atom is -0.310 e. The molecule has 1 atom stereocenters. The highest BCUT2D eigenvalue weighted by Crippen LogP contribution is 2.21. The highest BCUT2D eigenvalue weighted by atomic mass is 15.3. The number of likely N-dealkylation sites (N-methyl/N-ethyl adjacent to an activating group) is 1. The molecule has 0 radical (unpaired) electrons. The Balaban J connectivity index is 1.88. The Labute approximate surface area is 130 Å². The zero-order valence-electron chi connectivity index (χ0n) is 13.9. The first-order valence-electron chi connectivity index (χ1n) is 8.48. The lowest BCUT2D eigenvalue weighted by atomic mass is 9.98. The van der Waals surface area contributed by atoms with Gasteiger partial charge < -0.3 is 15.1 Å². The Bertz CT molecular complexity index is 411. The summed E-state index contributed by atoms with van der Waals surface area (Å²) in [6, 6.07) is 9.27. The van der Waals surface area contributed by atoms with E-state index in [0.29, 0.717) is 6.04 Å². The van der Waals surface area contributed by atoms with Gasteiger partial charge in [-0.15, -0.1) is 0 Å². The van der Waals surface area contributed by atoms with Crippen molar-refractivity contribution in [2.75, 3.05) is 45.8 Å². The second-order valence-electron chi connectivity index (χ2n) is 6.03. The van der Waals surface area contributed by atoms with Gasteiger partial charge in [0.2, 0.25) is 0 Å². The van der Waals surface area contributed by atoms with Gasteiger partial charge in [0.25, 0.3) is 0 Å². The summed E-state index contributed by atoms with van der Waals surface area (Å²) in [7, 11) is 0. The van der Waals surface area contributed by atoms with Crippen molar-refractivity contribution in [1.29, 1.82) is 0 Å². The Morgan fingerprint density at radius 3 is 2.33 bits per heavy atom. The van der Waals surface area contributed by atoms with Crippen LogP contribution in [0.2, 0.25) is 0 Å². The minimum absolute atomic E-state index is 0.486. The van der Waals surface area contributed by atoms with E-state index in [9.17, 15) is 0 Å². The maximum atomic E-state index is 3.66. The van der Waals surface area contributed by atoms with E-state index >= 15 is 0 Å². The summed E-state index contributed by atoms with van der Waals surface area (Å²) in [5.41, 5.74) is 2.87. The van der Waals surface area contributed by atoms with Crippen LogP contribution in [0.15, 0.2) is 24.3 Å². The van der Waals surface area contributed by atoms with Crippen LogP contribution >= 0.6 is 0 Å². The number of piperazine rings is 1. The third-order valence-electron chi connectivity index (χ3n) is 4.66. The molecule has 1 aliphatic heterocycles. The van der Waals surface area contributed by atoms with Gasteiger partial charge in [0.05, 0.1) is 0 Å². The standard InChI is InChI=1S/C18H31N3/c1-4-19-18(17-9-7-6-8-16(17)3)10-11-21-14-12-20(5-2)13-15-21/h6-9,18-19H,4-5,10-15H2,1-3H3. The third-order valence-corrected chi connectivity index (χ3v) is 4.66. The van der Waals surface area contributed by atoms with E-state index in [1.54, 1.807) is 0 Å². The highest BCUT2D eigenvalue weighted by molar-refractivity contribution is 5.28. The van der Waals surface area contributed by atoms with Gasteiger partial charge >= 0.3 is 0 Å². The predicted octanol–water partition coefficient (Wildman–Crippen LogP) is 2.67. The molecule has 1 fully saturated rings. The molecule has 2 rings (SSSR count). The molecule has 0 amide bonds. The summed E-state index contributed by atoms with van der Waals surface area (Å²) in [6.07, 6.45) is 1.20. The van der Waals surface area contributed by atoms with E-state index in [1.165, 1.54) is 56.8 Å². The zero-order valence-corrected chi connectivity index (χ0v) is 13.9. The lowest BCUT2D eigenvalue weighted by Crippen LogP contribution is -2.46. The number of aryl methyl sites for hydroxylation is 1. The number of benzene rings is 1. The lowest BCUT2D eigenvalue weighted by molar-refractivity contribution is 0.133. The van der Waals surface area contributed by atoms with E-state index in [1.807, 2.05) is 0 Å². The molecule has 1 N–H and O–H groups in total. The fourth-order valence-corrected chi connectivity index (χ4v) is 3.23. The molecule has 0 saturated carbocycles. The van der Waals surface area contributed by atoms with Gasteiger partial charge in [-0.1, -0.05) is 38.1 Å². The maximum absolute atomic E-state index is 3.66. The molecule has 0 bridgehead atoms. The van der Waals surface area contributed by atoms with Crippen molar-refractivity contribution in [2.24, 2.45) is 0 Å². The van der Waals surface area contributed by atoms with Crippen molar-refractivity contribution in [3.05, 3.63) is 35.4 Å². The third kappa shape index (κ3) is 4.80. The number of rotatable bonds is 7. The molecular formula is C18H31N3. The minimum atomic E-state index is 0.486. The molecule has 21 heavy (non-hydrogen) atoms. The van der Waals surface area contributed by atoms with Gasteiger partial charge in [0.15, 0.2) is 0 Å². The number of nitrogens with one attached hydrogen (secondary N) is 1. The van der Waals surface area contributed by atoms with Crippen LogP contribution in [0.3, 0.4) is 0 Å². The fourth-order valence-electron chi connectivity index (χ4n) is 3.23. The summed E-state index contributed by atoms with van der Waals surface area (Å²) in [5, 5.41) is 3.66. The summed E-state index contributed by atoms with van der Waals surface area (Å²) in [4.78, 5) is 5.16. The maximum Gasteiger partial charge on any atom is 0.0334 e. The molecule has 0 aromatic heterocycles. The van der Waals surface area contributed by atoms with Crippen molar-refractivity contribution >= 4 is 0 Å². The summed E-state index contributed by atoms with van der Waals surface area (Å²) in [6.45, 7) is 15.0. The lowest BCUT2D eigenvalue weighted by Gasteiger charge is -2.35. The van der Waals surface area contributed by atoms with E-state index in [2.05, 4.69) is 60.2 Å². The number of hydrogen-bond acceptors (Lipinski definition) is 3. The van der Waals surface area contributed by atoms with Crippen LogP contribution in [-0.2, 0) is 0 Å². The van der Waals surface area contributed by atoms with Gasteiger partial charge in [-0.3, -0.25) is 0 Å².